The van der Waals surface area contributed by atoms with Crippen LogP contribution in [0.4, 0.5) is 0 Å². The van der Waals surface area contributed by atoms with Crippen molar-refractivity contribution < 1.29 is 4.79 Å². The summed E-state index contributed by atoms with van der Waals surface area (Å²) in [7, 11) is 0. The van der Waals surface area contributed by atoms with Crippen molar-refractivity contribution in [2.24, 2.45) is 0 Å². The van der Waals surface area contributed by atoms with Crippen LogP contribution in [0.2, 0.25) is 0 Å². The molecular formula is C20H23N5OS2. The second-order valence-corrected chi connectivity index (χ2v) is 9.01. The van der Waals surface area contributed by atoms with Crippen LogP contribution in [0.5, 0.6) is 0 Å². The van der Waals surface area contributed by atoms with Crippen molar-refractivity contribution in [2.75, 3.05) is 31.9 Å². The Morgan fingerprint density at radius 2 is 1.79 bits per heavy atom. The number of aryl methyl sites for hydroxylation is 2. The summed E-state index contributed by atoms with van der Waals surface area (Å²) in [5.74, 6) is 0.549. The Morgan fingerprint density at radius 3 is 2.50 bits per heavy atom. The zero-order valence-corrected chi connectivity index (χ0v) is 17.7. The van der Waals surface area contributed by atoms with E-state index in [4.69, 9.17) is 4.98 Å². The zero-order chi connectivity index (χ0) is 19.5. The maximum absolute atomic E-state index is 12.5. The molecule has 0 saturated carbocycles. The second-order valence-electron chi connectivity index (χ2n) is 6.95. The summed E-state index contributed by atoms with van der Waals surface area (Å²) in [6, 6.07) is 10.2. The van der Waals surface area contributed by atoms with Crippen LogP contribution in [0.15, 0.2) is 35.5 Å². The van der Waals surface area contributed by atoms with Gasteiger partial charge >= 0.3 is 0 Å². The number of benzene rings is 1. The Kier molecular flexibility index (Phi) is 5.89. The summed E-state index contributed by atoms with van der Waals surface area (Å²) in [6.07, 6.45) is 0. The third-order valence-electron chi connectivity index (χ3n) is 4.71. The van der Waals surface area contributed by atoms with Gasteiger partial charge in [-0.05, 0) is 32.0 Å². The van der Waals surface area contributed by atoms with Crippen molar-refractivity contribution in [1.82, 2.24) is 24.8 Å². The highest BCUT2D eigenvalue weighted by Gasteiger charge is 2.22. The van der Waals surface area contributed by atoms with E-state index in [-0.39, 0.29) is 5.91 Å². The van der Waals surface area contributed by atoms with Crippen LogP contribution < -0.4 is 0 Å². The van der Waals surface area contributed by atoms with Crippen molar-refractivity contribution in [3.63, 3.8) is 0 Å². The predicted molar refractivity (Wildman–Crippen MR) is 114 cm³/mol. The molecule has 0 bridgehead atoms. The molecule has 28 heavy (non-hydrogen) atoms. The van der Waals surface area contributed by atoms with E-state index in [1.165, 1.54) is 16.5 Å². The molecule has 0 aliphatic carbocycles. The Bertz CT molecular complexity index is 928. The third-order valence-corrected chi connectivity index (χ3v) is 6.56. The molecular weight excluding hydrogens is 390 g/mol. The highest BCUT2D eigenvalue weighted by molar-refractivity contribution is 7.99. The molecule has 3 aromatic rings. The van der Waals surface area contributed by atoms with E-state index in [9.17, 15) is 4.79 Å². The maximum atomic E-state index is 12.5. The van der Waals surface area contributed by atoms with Gasteiger partial charge in [0.25, 0.3) is 0 Å². The number of amides is 1. The fourth-order valence-corrected chi connectivity index (χ4v) is 5.17. The molecule has 0 N–H and O–H groups in total. The fraction of sp³-hybridized carbons (Fsp3) is 0.400. The van der Waals surface area contributed by atoms with Crippen molar-refractivity contribution in [1.29, 1.82) is 0 Å². The Labute approximate surface area is 173 Å². The number of thioether (sulfide) groups is 1. The number of nitrogens with zero attached hydrogens (tertiary/aromatic N) is 5. The van der Waals surface area contributed by atoms with Gasteiger partial charge in [-0.2, -0.15) is 0 Å². The standard InChI is InChI=1S/C20H23N5OS2/c1-14-11-15(2)22-20(21-14)27-13-19(26)25-9-7-24(8-10-25)12-18-23-16-5-3-4-6-17(16)28-18/h3-6,11H,7-10,12-13H2,1-2H3. The van der Waals surface area contributed by atoms with Crippen LogP contribution in [-0.4, -0.2) is 62.6 Å². The number of fused-ring (bicyclic) bond motifs is 1. The fourth-order valence-electron chi connectivity index (χ4n) is 3.31. The summed E-state index contributed by atoms with van der Waals surface area (Å²) in [6.45, 7) is 8.04. The largest absolute Gasteiger partial charge is 0.339 e. The van der Waals surface area contributed by atoms with Crippen molar-refractivity contribution in [3.8, 4) is 0 Å². The highest BCUT2D eigenvalue weighted by Crippen LogP contribution is 2.23. The minimum absolute atomic E-state index is 0.160. The molecule has 146 valence electrons. The summed E-state index contributed by atoms with van der Waals surface area (Å²) in [5.41, 5.74) is 2.94. The lowest BCUT2D eigenvalue weighted by molar-refractivity contribution is -0.130. The number of para-hydroxylation sites is 1. The average molecular weight is 414 g/mol. The monoisotopic (exact) mass is 413 g/mol. The number of carbonyl (C=O) groups excluding carboxylic acids is 1. The Morgan fingerprint density at radius 1 is 1.07 bits per heavy atom. The summed E-state index contributed by atoms with van der Waals surface area (Å²) >= 11 is 3.18. The van der Waals surface area contributed by atoms with E-state index in [1.807, 2.05) is 30.9 Å². The quantitative estimate of drug-likeness (QED) is 0.473. The summed E-state index contributed by atoms with van der Waals surface area (Å²) < 4.78 is 1.23. The SMILES string of the molecule is Cc1cc(C)nc(SCC(=O)N2CCN(Cc3nc4ccccc4s3)CC2)n1. The molecule has 3 heterocycles. The van der Waals surface area contributed by atoms with E-state index in [2.05, 4.69) is 33.1 Å². The summed E-state index contributed by atoms with van der Waals surface area (Å²) in [5, 5.41) is 1.82. The molecule has 0 unspecified atom stereocenters. The van der Waals surface area contributed by atoms with Crippen molar-refractivity contribution >= 4 is 39.2 Å². The molecule has 1 aromatic carbocycles. The van der Waals surface area contributed by atoms with E-state index < -0.39 is 0 Å². The van der Waals surface area contributed by atoms with Gasteiger partial charge in [-0.15, -0.1) is 11.3 Å². The van der Waals surface area contributed by atoms with Gasteiger partial charge in [-0.3, -0.25) is 9.69 Å². The molecule has 4 rings (SSSR count). The third kappa shape index (κ3) is 4.68. The molecule has 6 nitrogen and oxygen atoms in total. The molecule has 1 amide bonds. The Balaban J connectivity index is 1.26. The number of thiazole rings is 1. The first-order valence-corrected chi connectivity index (χ1v) is 11.2. The van der Waals surface area contributed by atoms with Gasteiger partial charge in [0.05, 0.1) is 22.5 Å². The first-order valence-electron chi connectivity index (χ1n) is 9.36. The minimum Gasteiger partial charge on any atom is -0.339 e. The van der Waals surface area contributed by atoms with Crippen LogP contribution in [0.3, 0.4) is 0 Å². The second kappa shape index (κ2) is 8.55. The smallest absolute Gasteiger partial charge is 0.233 e. The molecule has 2 aromatic heterocycles. The average Bonchev–Trinajstić information content (AvgIpc) is 3.08. The molecule has 1 aliphatic rings. The van der Waals surface area contributed by atoms with E-state index >= 15 is 0 Å². The molecule has 1 aliphatic heterocycles. The van der Waals surface area contributed by atoms with Crippen LogP contribution in [-0.2, 0) is 11.3 Å². The van der Waals surface area contributed by atoms with E-state index in [0.717, 1.165) is 54.6 Å². The van der Waals surface area contributed by atoms with Crippen molar-refractivity contribution in [3.05, 3.63) is 46.7 Å². The van der Waals surface area contributed by atoms with Crippen LogP contribution in [0.25, 0.3) is 10.2 Å². The molecule has 0 spiro atoms. The van der Waals surface area contributed by atoms with Gasteiger partial charge in [0.2, 0.25) is 5.91 Å². The number of hydrogen-bond donors (Lipinski definition) is 0. The number of rotatable bonds is 5. The highest BCUT2D eigenvalue weighted by atomic mass is 32.2. The number of piperazine rings is 1. The van der Waals surface area contributed by atoms with Gasteiger partial charge in [0.1, 0.15) is 5.01 Å². The zero-order valence-electron chi connectivity index (χ0n) is 16.1. The van der Waals surface area contributed by atoms with Crippen LogP contribution >= 0.6 is 23.1 Å². The lowest BCUT2D eigenvalue weighted by Gasteiger charge is -2.34. The first-order chi connectivity index (χ1) is 13.6. The molecule has 1 saturated heterocycles. The van der Waals surface area contributed by atoms with Gasteiger partial charge in [-0.1, -0.05) is 23.9 Å². The normalized spacial score (nSPS) is 15.3. The lowest BCUT2D eigenvalue weighted by Crippen LogP contribution is -2.48. The van der Waals surface area contributed by atoms with E-state index in [0.29, 0.717) is 10.9 Å². The minimum atomic E-state index is 0.160. The van der Waals surface area contributed by atoms with E-state index in [1.54, 1.807) is 11.3 Å². The van der Waals surface area contributed by atoms with Crippen molar-refractivity contribution in [2.45, 2.75) is 25.5 Å². The topological polar surface area (TPSA) is 62.2 Å². The lowest BCUT2D eigenvalue weighted by atomic mass is 10.3. The van der Waals surface area contributed by atoms with Gasteiger partial charge in [0, 0.05) is 37.6 Å². The van der Waals surface area contributed by atoms with Crippen LogP contribution in [0, 0.1) is 13.8 Å². The number of hydrogen-bond acceptors (Lipinski definition) is 7. The van der Waals surface area contributed by atoms with Gasteiger partial charge in [0.15, 0.2) is 5.16 Å². The predicted octanol–water partition coefficient (Wildman–Crippen LogP) is 3.14. The van der Waals surface area contributed by atoms with Crippen LogP contribution in [0.1, 0.15) is 16.4 Å². The molecule has 0 atom stereocenters. The molecule has 8 heteroatoms. The van der Waals surface area contributed by atoms with Gasteiger partial charge < -0.3 is 4.90 Å². The number of carbonyl (C=O) groups is 1. The Hall–Kier alpha value is -2.03. The first kappa shape index (κ1) is 19.3. The molecule has 0 radical (unpaired) electrons. The number of aromatic nitrogens is 3. The van der Waals surface area contributed by atoms with Gasteiger partial charge in [-0.25, -0.2) is 15.0 Å². The molecule has 1 fully saturated rings. The maximum Gasteiger partial charge on any atom is 0.233 e. The summed E-state index contributed by atoms with van der Waals surface area (Å²) in [4.78, 5) is 30.4.